The van der Waals surface area contributed by atoms with Crippen molar-refractivity contribution >= 4 is 17.1 Å². The second kappa shape index (κ2) is 6.86. The fourth-order valence-corrected chi connectivity index (χ4v) is 2.23. The van der Waals surface area contributed by atoms with E-state index in [9.17, 15) is 28.1 Å². The molecule has 0 radical (unpaired) electrons. The molecule has 8 nitrogen and oxygen atoms in total. The number of nitrogens with one attached hydrogen (secondary N) is 2. The van der Waals surface area contributed by atoms with Gasteiger partial charge in [-0.05, 0) is 36.4 Å². The molecule has 0 unspecified atom stereocenters. The SMILES string of the molecule is O=c1[nH][nH]c(-c2ccc([N+](=O)[O-])cc2)c1N=Nc1ccc(C(F)(F)F)cc1. The van der Waals surface area contributed by atoms with Crippen LogP contribution in [0.2, 0.25) is 0 Å². The van der Waals surface area contributed by atoms with E-state index >= 15 is 0 Å². The first kappa shape index (κ1) is 18.0. The van der Waals surface area contributed by atoms with E-state index in [4.69, 9.17) is 0 Å². The van der Waals surface area contributed by atoms with Crippen molar-refractivity contribution in [3.05, 3.63) is 74.6 Å². The molecule has 0 aliphatic heterocycles. The number of rotatable bonds is 4. The zero-order valence-corrected chi connectivity index (χ0v) is 13.3. The van der Waals surface area contributed by atoms with Crippen LogP contribution in [-0.4, -0.2) is 15.1 Å². The van der Waals surface area contributed by atoms with Crippen LogP contribution in [0.4, 0.5) is 30.2 Å². The third-order valence-electron chi connectivity index (χ3n) is 3.58. The Kier molecular flexibility index (Phi) is 4.59. The lowest BCUT2D eigenvalue weighted by molar-refractivity contribution is -0.384. The smallest absolute Gasteiger partial charge is 0.295 e. The maximum Gasteiger partial charge on any atom is 0.416 e. The summed E-state index contributed by atoms with van der Waals surface area (Å²) in [4.78, 5) is 22.0. The first-order valence-electron chi connectivity index (χ1n) is 7.40. The number of non-ortho nitro benzene ring substituents is 1. The summed E-state index contributed by atoms with van der Waals surface area (Å²) in [5, 5.41) is 23.2. The lowest BCUT2D eigenvalue weighted by Crippen LogP contribution is -2.03. The summed E-state index contributed by atoms with van der Waals surface area (Å²) in [6.45, 7) is 0. The predicted octanol–water partition coefficient (Wildman–Crippen LogP) is 4.71. The molecule has 0 atom stereocenters. The highest BCUT2D eigenvalue weighted by Gasteiger charge is 2.29. The fourth-order valence-electron chi connectivity index (χ4n) is 2.23. The molecule has 0 spiro atoms. The molecule has 3 aromatic rings. The van der Waals surface area contributed by atoms with Crippen LogP contribution in [0.3, 0.4) is 0 Å². The number of benzene rings is 2. The zero-order valence-electron chi connectivity index (χ0n) is 13.3. The molecule has 0 saturated heterocycles. The third kappa shape index (κ3) is 3.92. The lowest BCUT2D eigenvalue weighted by Gasteiger charge is -2.05. The van der Waals surface area contributed by atoms with Crippen molar-refractivity contribution in [1.29, 1.82) is 0 Å². The number of nitro groups is 1. The van der Waals surface area contributed by atoms with Crippen LogP contribution in [0.1, 0.15) is 5.56 Å². The standard InChI is InChI=1S/C16H10F3N5O3/c17-16(18,19)10-3-5-11(6-4-10)20-22-14-13(21-23-15(14)25)9-1-7-12(8-2-9)24(26)27/h1-8H,(H2,21,23,25). The topological polar surface area (TPSA) is 117 Å². The highest BCUT2D eigenvalue weighted by atomic mass is 19.4. The Morgan fingerprint density at radius 3 is 2.11 bits per heavy atom. The maximum atomic E-state index is 12.6. The molecule has 0 aliphatic rings. The second-order valence-electron chi connectivity index (χ2n) is 5.35. The van der Waals surface area contributed by atoms with Crippen molar-refractivity contribution in [2.24, 2.45) is 10.2 Å². The lowest BCUT2D eigenvalue weighted by atomic mass is 10.1. The minimum atomic E-state index is -4.46. The highest BCUT2D eigenvalue weighted by molar-refractivity contribution is 5.71. The van der Waals surface area contributed by atoms with E-state index in [0.717, 1.165) is 24.3 Å². The van der Waals surface area contributed by atoms with E-state index < -0.39 is 22.2 Å². The Morgan fingerprint density at radius 2 is 1.56 bits per heavy atom. The number of azo groups is 1. The van der Waals surface area contributed by atoms with Gasteiger partial charge < -0.3 is 0 Å². The van der Waals surface area contributed by atoms with Crippen molar-refractivity contribution in [2.45, 2.75) is 6.18 Å². The summed E-state index contributed by atoms with van der Waals surface area (Å²) >= 11 is 0. The van der Waals surface area contributed by atoms with Crippen molar-refractivity contribution in [3.63, 3.8) is 0 Å². The van der Waals surface area contributed by atoms with Crippen LogP contribution >= 0.6 is 0 Å². The summed E-state index contributed by atoms with van der Waals surface area (Å²) < 4.78 is 37.7. The van der Waals surface area contributed by atoms with Gasteiger partial charge in [-0.2, -0.15) is 18.3 Å². The van der Waals surface area contributed by atoms with Crippen molar-refractivity contribution in [3.8, 4) is 11.3 Å². The Hall–Kier alpha value is -3.76. The van der Waals surface area contributed by atoms with Crippen LogP contribution < -0.4 is 5.56 Å². The molecule has 0 fully saturated rings. The maximum absolute atomic E-state index is 12.6. The van der Waals surface area contributed by atoms with Gasteiger partial charge in [-0.3, -0.25) is 25.1 Å². The van der Waals surface area contributed by atoms with Crippen LogP contribution in [0.5, 0.6) is 0 Å². The van der Waals surface area contributed by atoms with E-state index in [1.807, 2.05) is 0 Å². The zero-order chi connectivity index (χ0) is 19.6. The van der Waals surface area contributed by atoms with E-state index in [0.29, 0.717) is 5.56 Å². The first-order chi connectivity index (χ1) is 12.8. The molecular formula is C16H10F3N5O3. The molecule has 0 bridgehead atoms. The van der Waals surface area contributed by atoms with Crippen molar-refractivity contribution in [1.82, 2.24) is 10.2 Å². The molecule has 0 amide bonds. The molecule has 2 aromatic carbocycles. The first-order valence-corrected chi connectivity index (χ1v) is 7.40. The Balaban J connectivity index is 1.90. The summed E-state index contributed by atoms with van der Waals surface area (Å²) in [6.07, 6.45) is -4.46. The number of aromatic nitrogens is 2. The summed E-state index contributed by atoms with van der Waals surface area (Å²) in [6, 6.07) is 9.33. The Bertz CT molecular complexity index is 1050. The average Bonchev–Trinajstić information content (AvgIpc) is 3.00. The molecule has 3 rings (SSSR count). The number of nitro benzene ring substituents is 1. The third-order valence-corrected chi connectivity index (χ3v) is 3.58. The van der Waals surface area contributed by atoms with Crippen molar-refractivity contribution < 1.29 is 18.1 Å². The largest absolute Gasteiger partial charge is 0.416 e. The van der Waals surface area contributed by atoms with Gasteiger partial charge in [0.15, 0.2) is 5.69 Å². The Morgan fingerprint density at radius 1 is 0.926 bits per heavy atom. The molecule has 138 valence electrons. The van der Waals surface area contributed by atoms with Crippen LogP contribution in [0, 0.1) is 10.1 Å². The summed E-state index contributed by atoms with van der Waals surface area (Å²) in [5.74, 6) is 0. The quantitative estimate of drug-likeness (QED) is 0.389. The Labute approximate surface area is 148 Å². The van der Waals surface area contributed by atoms with Crippen LogP contribution in [0.25, 0.3) is 11.3 Å². The number of H-pyrrole nitrogens is 2. The summed E-state index contributed by atoms with van der Waals surface area (Å²) in [5.41, 5.74) is -0.844. The average molecular weight is 377 g/mol. The predicted molar refractivity (Wildman–Crippen MR) is 89.1 cm³/mol. The van der Waals surface area contributed by atoms with E-state index in [2.05, 4.69) is 20.4 Å². The second-order valence-corrected chi connectivity index (χ2v) is 5.35. The van der Waals surface area contributed by atoms with Crippen molar-refractivity contribution in [2.75, 3.05) is 0 Å². The van der Waals surface area contributed by atoms with E-state index in [1.165, 1.54) is 24.3 Å². The van der Waals surface area contributed by atoms with Gasteiger partial charge in [0.2, 0.25) is 0 Å². The number of hydrogen-bond donors (Lipinski definition) is 2. The number of halogens is 3. The van der Waals surface area contributed by atoms with Gasteiger partial charge in [0.05, 0.1) is 21.9 Å². The number of nitrogens with zero attached hydrogens (tertiary/aromatic N) is 3. The number of hydrogen-bond acceptors (Lipinski definition) is 5. The van der Waals surface area contributed by atoms with Gasteiger partial charge >= 0.3 is 6.18 Å². The number of aromatic amines is 2. The minimum absolute atomic E-state index is 0.108. The molecular weight excluding hydrogens is 367 g/mol. The van der Waals surface area contributed by atoms with E-state index in [-0.39, 0.29) is 22.8 Å². The van der Waals surface area contributed by atoms with Gasteiger partial charge in [-0.15, -0.1) is 5.11 Å². The molecule has 0 aliphatic carbocycles. The molecule has 1 heterocycles. The van der Waals surface area contributed by atoms with Gasteiger partial charge in [-0.1, -0.05) is 0 Å². The molecule has 0 saturated carbocycles. The van der Waals surface area contributed by atoms with Gasteiger partial charge in [-0.25, -0.2) is 0 Å². The summed E-state index contributed by atoms with van der Waals surface area (Å²) in [7, 11) is 0. The molecule has 11 heteroatoms. The van der Waals surface area contributed by atoms with Gasteiger partial charge in [0.25, 0.3) is 11.2 Å². The molecule has 1 aromatic heterocycles. The van der Waals surface area contributed by atoms with E-state index in [1.54, 1.807) is 0 Å². The van der Waals surface area contributed by atoms with Gasteiger partial charge in [0.1, 0.15) is 0 Å². The normalized spacial score (nSPS) is 11.8. The van der Waals surface area contributed by atoms with Crippen LogP contribution in [-0.2, 0) is 6.18 Å². The van der Waals surface area contributed by atoms with Gasteiger partial charge in [0, 0.05) is 17.7 Å². The fraction of sp³-hybridized carbons (Fsp3) is 0.0625. The van der Waals surface area contributed by atoms with Crippen LogP contribution in [0.15, 0.2) is 63.6 Å². The molecule has 27 heavy (non-hydrogen) atoms. The molecule has 2 N–H and O–H groups in total. The highest BCUT2D eigenvalue weighted by Crippen LogP contribution is 2.31. The monoisotopic (exact) mass is 377 g/mol. The minimum Gasteiger partial charge on any atom is -0.295 e. The number of alkyl halides is 3.